The van der Waals surface area contributed by atoms with Crippen molar-refractivity contribution in [1.29, 1.82) is 0 Å². The van der Waals surface area contributed by atoms with Crippen molar-refractivity contribution in [2.24, 2.45) is 0 Å². The van der Waals surface area contributed by atoms with Crippen molar-refractivity contribution >= 4 is 41.9 Å². The minimum Gasteiger partial charge on any atom is -0.361 e. The standard InChI is InChI=1S/C12H12Br2N2O3S/c1-8-5-10(15-19-8)7-16(2)20(17,18)12-4-3-9(13)6-11(12)14/h3-6H,7H2,1-2H3. The lowest BCUT2D eigenvalue weighted by molar-refractivity contribution is 0.378. The summed E-state index contributed by atoms with van der Waals surface area (Å²) in [6, 6.07) is 6.64. The van der Waals surface area contributed by atoms with Crippen molar-refractivity contribution in [3.63, 3.8) is 0 Å². The van der Waals surface area contributed by atoms with Crippen LogP contribution in [0, 0.1) is 6.92 Å². The molecule has 1 aromatic heterocycles. The summed E-state index contributed by atoms with van der Waals surface area (Å²) in [7, 11) is -2.08. The molecule has 0 saturated carbocycles. The van der Waals surface area contributed by atoms with Crippen LogP contribution in [0.1, 0.15) is 11.5 Å². The first-order valence-corrected chi connectivity index (χ1v) is 8.67. The average Bonchev–Trinajstić information content (AvgIpc) is 2.74. The van der Waals surface area contributed by atoms with Crippen molar-refractivity contribution in [2.45, 2.75) is 18.4 Å². The molecule has 108 valence electrons. The summed E-state index contributed by atoms with van der Waals surface area (Å²) in [5.74, 6) is 0.649. The number of aryl methyl sites for hydroxylation is 1. The minimum absolute atomic E-state index is 0.155. The van der Waals surface area contributed by atoms with Gasteiger partial charge in [-0.3, -0.25) is 0 Å². The fourth-order valence-electron chi connectivity index (χ4n) is 1.66. The second-order valence-electron chi connectivity index (χ2n) is 4.26. The van der Waals surface area contributed by atoms with Gasteiger partial charge in [0.25, 0.3) is 0 Å². The van der Waals surface area contributed by atoms with Crippen LogP contribution < -0.4 is 0 Å². The molecule has 0 aliphatic rings. The smallest absolute Gasteiger partial charge is 0.244 e. The minimum atomic E-state index is -3.59. The van der Waals surface area contributed by atoms with Gasteiger partial charge in [-0.15, -0.1) is 0 Å². The molecular weight excluding hydrogens is 412 g/mol. The third-order valence-electron chi connectivity index (χ3n) is 2.64. The Morgan fingerprint density at radius 1 is 1.30 bits per heavy atom. The first kappa shape index (κ1) is 15.7. The summed E-state index contributed by atoms with van der Waals surface area (Å²) in [5, 5.41) is 3.80. The van der Waals surface area contributed by atoms with Crippen LogP contribution in [0.25, 0.3) is 0 Å². The summed E-state index contributed by atoms with van der Waals surface area (Å²) in [4.78, 5) is 0.211. The molecule has 2 rings (SSSR count). The summed E-state index contributed by atoms with van der Waals surface area (Å²) in [5.41, 5.74) is 0.571. The zero-order chi connectivity index (χ0) is 14.9. The molecule has 2 aromatic rings. The topological polar surface area (TPSA) is 63.4 Å². The lowest BCUT2D eigenvalue weighted by atomic mass is 10.4. The van der Waals surface area contributed by atoms with Gasteiger partial charge in [-0.05, 0) is 41.1 Å². The molecule has 0 amide bonds. The molecule has 0 unspecified atom stereocenters. The van der Waals surface area contributed by atoms with Crippen molar-refractivity contribution < 1.29 is 12.9 Å². The number of rotatable bonds is 4. The molecule has 1 aromatic carbocycles. The highest BCUT2D eigenvalue weighted by Gasteiger charge is 2.24. The molecule has 5 nitrogen and oxygen atoms in total. The lowest BCUT2D eigenvalue weighted by Crippen LogP contribution is -2.27. The third-order valence-corrected chi connectivity index (χ3v) is 5.92. The van der Waals surface area contributed by atoms with Gasteiger partial charge in [0, 0.05) is 22.1 Å². The Morgan fingerprint density at radius 3 is 2.55 bits per heavy atom. The Hall–Kier alpha value is -0.700. The third kappa shape index (κ3) is 3.30. The van der Waals surface area contributed by atoms with Crippen molar-refractivity contribution in [3.05, 3.63) is 44.7 Å². The number of halogens is 2. The van der Waals surface area contributed by atoms with Crippen LogP contribution in [0.4, 0.5) is 0 Å². The van der Waals surface area contributed by atoms with Gasteiger partial charge in [0.05, 0.1) is 17.1 Å². The average molecular weight is 424 g/mol. The van der Waals surface area contributed by atoms with Gasteiger partial charge in [-0.25, -0.2) is 8.42 Å². The molecule has 1 heterocycles. The zero-order valence-corrected chi connectivity index (χ0v) is 14.8. The number of sulfonamides is 1. The van der Waals surface area contributed by atoms with E-state index in [1.165, 1.54) is 11.4 Å². The van der Waals surface area contributed by atoms with Crippen LogP contribution in [0.3, 0.4) is 0 Å². The van der Waals surface area contributed by atoms with E-state index in [1.54, 1.807) is 31.2 Å². The van der Waals surface area contributed by atoms with Crippen LogP contribution in [0.5, 0.6) is 0 Å². The van der Waals surface area contributed by atoms with E-state index in [1.807, 2.05) is 0 Å². The molecule has 0 atom stereocenters. The van der Waals surface area contributed by atoms with E-state index >= 15 is 0 Å². The molecule has 0 aliphatic carbocycles. The van der Waals surface area contributed by atoms with Crippen molar-refractivity contribution in [1.82, 2.24) is 9.46 Å². The number of hydrogen-bond acceptors (Lipinski definition) is 4. The van der Waals surface area contributed by atoms with Gasteiger partial charge in [0.15, 0.2) is 0 Å². The van der Waals surface area contributed by atoms with E-state index in [-0.39, 0.29) is 11.4 Å². The Balaban J connectivity index is 2.29. The van der Waals surface area contributed by atoms with Crippen LogP contribution >= 0.6 is 31.9 Å². The maximum absolute atomic E-state index is 12.5. The number of hydrogen-bond donors (Lipinski definition) is 0. The Bertz CT molecular complexity index is 728. The zero-order valence-electron chi connectivity index (χ0n) is 10.8. The molecule has 0 saturated heterocycles. The highest BCUT2D eigenvalue weighted by Crippen LogP contribution is 2.28. The maximum Gasteiger partial charge on any atom is 0.244 e. The Morgan fingerprint density at radius 2 is 2.00 bits per heavy atom. The molecule has 0 bridgehead atoms. The number of benzene rings is 1. The second kappa shape index (κ2) is 5.97. The maximum atomic E-state index is 12.5. The second-order valence-corrected chi connectivity index (χ2v) is 8.05. The largest absolute Gasteiger partial charge is 0.361 e. The first-order chi connectivity index (χ1) is 9.30. The summed E-state index contributed by atoms with van der Waals surface area (Å²) in [6.07, 6.45) is 0. The highest BCUT2D eigenvalue weighted by atomic mass is 79.9. The number of nitrogens with zero attached hydrogens (tertiary/aromatic N) is 2. The van der Waals surface area contributed by atoms with Gasteiger partial charge >= 0.3 is 0 Å². The van der Waals surface area contributed by atoms with Gasteiger partial charge in [0.2, 0.25) is 10.0 Å². The van der Waals surface area contributed by atoms with Crippen LogP contribution in [0.2, 0.25) is 0 Å². The first-order valence-electron chi connectivity index (χ1n) is 5.64. The van der Waals surface area contributed by atoms with E-state index < -0.39 is 10.0 Å². The summed E-state index contributed by atoms with van der Waals surface area (Å²) in [6.45, 7) is 1.92. The van der Waals surface area contributed by atoms with E-state index in [2.05, 4.69) is 37.0 Å². The predicted octanol–water partition coefficient (Wildman–Crippen LogP) is 3.33. The molecule has 8 heteroatoms. The van der Waals surface area contributed by atoms with E-state index in [0.717, 1.165) is 4.47 Å². The Labute approximate surface area is 134 Å². The SMILES string of the molecule is Cc1cc(CN(C)S(=O)(=O)c2ccc(Br)cc2Br)no1. The molecule has 20 heavy (non-hydrogen) atoms. The number of aromatic nitrogens is 1. The van der Waals surface area contributed by atoms with Crippen LogP contribution in [0.15, 0.2) is 42.6 Å². The molecular formula is C12H12Br2N2O3S. The van der Waals surface area contributed by atoms with Gasteiger partial charge in [-0.1, -0.05) is 21.1 Å². The van der Waals surface area contributed by atoms with Crippen molar-refractivity contribution in [3.8, 4) is 0 Å². The highest BCUT2D eigenvalue weighted by molar-refractivity contribution is 9.11. The predicted molar refractivity (Wildman–Crippen MR) is 81.7 cm³/mol. The van der Waals surface area contributed by atoms with Gasteiger partial charge in [0.1, 0.15) is 5.76 Å². The van der Waals surface area contributed by atoms with Crippen LogP contribution in [-0.2, 0) is 16.6 Å². The monoisotopic (exact) mass is 422 g/mol. The van der Waals surface area contributed by atoms with Gasteiger partial charge < -0.3 is 4.52 Å². The van der Waals surface area contributed by atoms with Crippen molar-refractivity contribution in [2.75, 3.05) is 7.05 Å². The Kier molecular flexibility index (Phi) is 4.68. The van der Waals surface area contributed by atoms with E-state index in [9.17, 15) is 8.42 Å². The quantitative estimate of drug-likeness (QED) is 0.756. The van der Waals surface area contributed by atoms with Crippen LogP contribution in [-0.4, -0.2) is 24.9 Å². The van der Waals surface area contributed by atoms with E-state index in [0.29, 0.717) is 15.9 Å². The molecule has 0 aliphatic heterocycles. The normalized spacial score (nSPS) is 12.1. The molecule has 0 spiro atoms. The molecule has 0 fully saturated rings. The molecule has 0 N–H and O–H groups in total. The van der Waals surface area contributed by atoms with Gasteiger partial charge in [-0.2, -0.15) is 4.31 Å². The molecule has 0 radical (unpaired) electrons. The fraction of sp³-hybridized carbons (Fsp3) is 0.250. The summed E-state index contributed by atoms with van der Waals surface area (Å²) >= 11 is 6.57. The lowest BCUT2D eigenvalue weighted by Gasteiger charge is -2.16. The summed E-state index contributed by atoms with van der Waals surface area (Å²) < 4.78 is 32.5. The van der Waals surface area contributed by atoms with E-state index in [4.69, 9.17) is 4.52 Å². The fourth-order valence-corrected chi connectivity index (χ4v) is 4.50.